The molecule has 0 bridgehead atoms. The second kappa shape index (κ2) is 14.6. The monoisotopic (exact) mass is 696 g/mol. The van der Waals surface area contributed by atoms with Crippen molar-refractivity contribution in [1.29, 1.82) is 0 Å². The number of ether oxygens (including phenoxy) is 4. The average molecular weight is 697 g/mol. The minimum atomic E-state index is -3.81. The predicted molar refractivity (Wildman–Crippen MR) is 175 cm³/mol. The zero-order chi connectivity index (χ0) is 34.3. The van der Waals surface area contributed by atoms with Crippen LogP contribution in [0.15, 0.2) is 83.1 Å². The van der Waals surface area contributed by atoms with Gasteiger partial charge in [-0.05, 0) is 54.1 Å². The maximum atomic E-state index is 12.6. The van der Waals surface area contributed by atoms with Crippen molar-refractivity contribution in [3.05, 3.63) is 84.2 Å². The smallest absolute Gasteiger partial charge is 0.258 e. The van der Waals surface area contributed by atoms with Crippen molar-refractivity contribution in [3.63, 3.8) is 0 Å². The van der Waals surface area contributed by atoms with Gasteiger partial charge in [-0.15, -0.1) is 0 Å². The summed E-state index contributed by atoms with van der Waals surface area (Å²) in [5.41, 5.74) is 2.00. The van der Waals surface area contributed by atoms with E-state index in [0.29, 0.717) is 56.2 Å². The number of sulfonamides is 2. The number of hydrogen-bond acceptors (Lipinski definition) is 12. The SMILES string of the molecule is COc1cc(CNS(=O)(=O)c2[nH]nc3ncccc23)cc(OC)c1.COc1cccc(OC)c1CNS(=O)(=O)c1[nH]nc2ncccc12. The van der Waals surface area contributed by atoms with E-state index in [1.54, 1.807) is 73.1 Å². The van der Waals surface area contributed by atoms with E-state index in [9.17, 15) is 16.8 Å². The zero-order valence-corrected chi connectivity index (χ0v) is 27.8. The van der Waals surface area contributed by atoms with Gasteiger partial charge in [0.2, 0.25) is 0 Å². The fourth-order valence-electron chi connectivity index (χ4n) is 4.62. The number of nitrogens with zero attached hydrogens (tertiary/aromatic N) is 4. The predicted octanol–water partition coefficient (Wildman–Crippen LogP) is 2.91. The van der Waals surface area contributed by atoms with Crippen molar-refractivity contribution >= 4 is 42.1 Å². The third-order valence-corrected chi connectivity index (χ3v) is 9.72. The van der Waals surface area contributed by atoms with Crippen molar-refractivity contribution in [1.82, 2.24) is 39.8 Å². The first-order valence-corrected chi connectivity index (χ1v) is 17.1. The molecule has 6 rings (SSSR count). The van der Waals surface area contributed by atoms with Gasteiger partial charge >= 0.3 is 0 Å². The molecule has 0 saturated carbocycles. The van der Waals surface area contributed by atoms with Gasteiger partial charge in [-0.1, -0.05) is 6.07 Å². The van der Waals surface area contributed by atoms with Gasteiger partial charge in [0.25, 0.3) is 20.0 Å². The maximum Gasteiger partial charge on any atom is 0.258 e. The summed E-state index contributed by atoms with van der Waals surface area (Å²) in [4.78, 5) is 8.03. The summed E-state index contributed by atoms with van der Waals surface area (Å²) in [5.74, 6) is 2.24. The number of fused-ring (bicyclic) bond motifs is 2. The highest BCUT2D eigenvalue weighted by molar-refractivity contribution is 7.89. The van der Waals surface area contributed by atoms with Crippen LogP contribution in [0.1, 0.15) is 11.1 Å². The van der Waals surface area contributed by atoms with E-state index in [1.165, 1.54) is 28.4 Å². The van der Waals surface area contributed by atoms with Crippen LogP contribution in [0.5, 0.6) is 23.0 Å². The first-order valence-electron chi connectivity index (χ1n) is 14.1. The summed E-state index contributed by atoms with van der Waals surface area (Å²) in [6, 6.07) is 17.0. The van der Waals surface area contributed by atoms with E-state index < -0.39 is 20.0 Å². The molecule has 0 spiro atoms. The average Bonchev–Trinajstić information content (AvgIpc) is 3.76. The van der Waals surface area contributed by atoms with Crippen LogP contribution in [0.2, 0.25) is 0 Å². The number of aromatic nitrogens is 6. The standard InChI is InChI=1S/2C15H16N4O4S/c1-22-12-6-3-7-13(23-2)11(12)9-17-24(20,21)15-10-5-4-8-16-14(10)18-19-15;1-22-11-6-10(7-12(8-11)23-2)9-17-24(20,21)15-13-4-3-5-16-14(13)18-19-15/h2*3-8,17H,9H2,1-2H3,(H,16,18,19). The Balaban J connectivity index is 0.000000188. The third-order valence-electron chi connectivity index (χ3n) is 6.97. The summed E-state index contributed by atoms with van der Waals surface area (Å²) in [5, 5.41) is 13.7. The van der Waals surface area contributed by atoms with E-state index in [4.69, 9.17) is 18.9 Å². The molecule has 18 heteroatoms. The fourth-order valence-corrected chi connectivity index (χ4v) is 6.83. The van der Waals surface area contributed by atoms with Crippen LogP contribution in [0.3, 0.4) is 0 Å². The summed E-state index contributed by atoms with van der Waals surface area (Å²) >= 11 is 0. The second-order valence-electron chi connectivity index (χ2n) is 9.87. The summed E-state index contributed by atoms with van der Waals surface area (Å²) in [6.45, 7) is 0.0902. The fraction of sp³-hybridized carbons (Fsp3) is 0.200. The largest absolute Gasteiger partial charge is 0.497 e. The van der Waals surface area contributed by atoms with E-state index in [1.807, 2.05) is 0 Å². The summed E-state index contributed by atoms with van der Waals surface area (Å²) in [6.07, 6.45) is 3.10. The van der Waals surface area contributed by atoms with E-state index in [0.717, 1.165) is 0 Å². The van der Waals surface area contributed by atoms with Crippen LogP contribution in [0, 0.1) is 0 Å². The van der Waals surface area contributed by atoms with Gasteiger partial charge in [0.05, 0.1) is 44.8 Å². The molecule has 4 N–H and O–H groups in total. The normalized spacial score (nSPS) is 11.6. The first kappa shape index (κ1) is 34.0. The molecule has 0 aliphatic heterocycles. The lowest BCUT2D eigenvalue weighted by Crippen LogP contribution is -2.24. The molecule has 0 unspecified atom stereocenters. The molecule has 48 heavy (non-hydrogen) atoms. The van der Waals surface area contributed by atoms with Crippen molar-refractivity contribution < 1.29 is 35.8 Å². The van der Waals surface area contributed by atoms with Crippen LogP contribution in [0.25, 0.3) is 22.1 Å². The zero-order valence-electron chi connectivity index (χ0n) is 26.2. The number of nitrogens with one attached hydrogen (secondary N) is 4. The lowest BCUT2D eigenvalue weighted by atomic mass is 10.2. The molecule has 0 fully saturated rings. The molecule has 0 radical (unpaired) electrons. The second-order valence-corrected chi connectivity index (χ2v) is 13.3. The van der Waals surface area contributed by atoms with Crippen LogP contribution in [-0.2, 0) is 33.1 Å². The topological polar surface area (TPSA) is 212 Å². The molecule has 2 aromatic carbocycles. The Labute approximate surface area is 275 Å². The number of H-pyrrole nitrogens is 2. The van der Waals surface area contributed by atoms with Crippen LogP contribution in [0.4, 0.5) is 0 Å². The van der Waals surface area contributed by atoms with Gasteiger partial charge in [0.1, 0.15) is 23.0 Å². The third kappa shape index (κ3) is 7.46. The molecule has 4 heterocycles. The molecule has 0 saturated heterocycles. The van der Waals surface area contributed by atoms with E-state index >= 15 is 0 Å². The van der Waals surface area contributed by atoms with Gasteiger partial charge in [0.15, 0.2) is 21.3 Å². The van der Waals surface area contributed by atoms with Crippen molar-refractivity contribution in [2.24, 2.45) is 0 Å². The number of benzene rings is 2. The summed E-state index contributed by atoms with van der Waals surface area (Å²) < 4.78 is 76.2. The Morgan fingerprint density at radius 3 is 1.56 bits per heavy atom. The Morgan fingerprint density at radius 2 is 1.10 bits per heavy atom. The van der Waals surface area contributed by atoms with Gasteiger partial charge in [-0.3, -0.25) is 10.2 Å². The highest BCUT2D eigenvalue weighted by atomic mass is 32.2. The van der Waals surface area contributed by atoms with Crippen molar-refractivity contribution in [2.75, 3.05) is 28.4 Å². The Morgan fingerprint density at radius 1 is 0.625 bits per heavy atom. The number of rotatable bonds is 12. The van der Waals surface area contributed by atoms with Gasteiger partial charge in [-0.2, -0.15) is 10.2 Å². The first-order chi connectivity index (χ1) is 23.1. The number of aromatic amines is 2. The minimum Gasteiger partial charge on any atom is -0.497 e. The molecular formula is C30H32N8O8S2. The molecule has 0 amide bonds. The number of pyridine rings is 2. The van der Waals surface area contributed by atoms with Crippen LogP contribution < -0.4 is 28.4 Å². The molecule has 4 aromatic heterocycles. The Hall–Kier alpha value is -5.30. The summed E-state index contributed by atoms with van der Waals surface area (Å²) in [7, 11) is -1.48. The Bertz CT molecular complexity index is 2210. The molecule has 6 aromatic rings. The van der Waals surface area contributed by atoms with Crippen molar-refractivity contribution in [3.8, 4) is 23.0 Å². The Kier molecular flexibility index (Phi) is 10.4. The van der Waals surface area contributed by atoms with E-state index in [2.05, 4.69) is 39.8 Å². The maximum absolute atomic E-state index is 12.6. The molecule has 0 aliphatic rings. The highest BCUT2D eigenvalue weighted by Gasteiger charge is 2.23. The van der Waals surface area contributed by atoms with Crippen LogP contribution in [-0.4, -0.2) is 75.6 Å². The van der Waals surface area contributed by atoms with E-state index in [-0.39, 0.29) is 23.1 Å². The lowest BCUT2D eigenvalue weighted by molar-refractivity contribution is 0.384. The molecule has 0 atom stereocenters. The van der Waals surface area contributed by atoms with Gasteiger partial charge in [-0.25, -0.2) is 36.2 Å². The molecule has 252 valence electrons. The molecule has 16 nitrogen and oxygen atoms in total. The van der Waals surface area contributed by atoms with Crippen LogP contribution >= 0.6 is 0 Å². The van der Waals surface area contributed by atoms with Crippen molar-refractivity contribution in [2.45, 2.75) is 23.1 Å². The lowest BCUT2D eigenvalue weighted by Gasteiger charge is -2.13. The number of hydrogen-bond donors (Lipinski definition) is 4. The minimum absolute atomic E-state index is 0.0102. The molecular weight excluding hydrogens is 665 g/mol. The quantitative estimate of drug-likeness (QED) is 0.145. The number of methoxy groups -OCH3 is 4. The van der Waals surface area contributed by atoms with Gasteiger partial charge in [0, 0.05) is 31.5 Å². The van der Waals surface area contributed by atoms with Gasteiger partial charge < -0.3 is 18.9 Å². The molecule has 0 aliphatic carbocycles. The highest BCUT2D eigenvalue weighted by Crippen LogP contribution is 2.29.